The van der Waals surface area contributed by atoms with Gasteiger partial charge in [-0.15, -0.1) is 22.7 Å². The highest BCUT2D eigenvalue weighted by atomic mass is 32.1. The topological polar surface area (TPSA) is 16.1 Å². The van der Waals surface area contributed by atoms with E-state index in [-0.39, 0.29) is 0 Å². The van der Waals surface area contributed by atoms with E-state index in [1.54, 1.807) is 11.3 Å². The highest BCUT2D eigenvalue weighted by molar-refractivity contribution is 7.10. The van der Waals surface area contributed by atoms with Gasteiger partial charge in [-0.2, -0.15) is 13.2 Å². The van der Waals surface area contributed by atoms with Crippen LogP contribution in [0.3, 0.4) is 0 Å². The van der Waals surface area contributed by atoms with Crippen LogP contribution in [0.25, 0.3) is 0 Å². The molecule has 3 heterocycles. The third-order valence-electron chi connectivity index (χ3n) is 3.09. The van der Waals surface area contributed by atoms with Gasteiger partial charge in [0.2, 0.25) is 0 Å². The molecule has 19 heavy (non-hydrogen) atoms. The fraction of sp³-hybridized carbons (Fsp3) is 0.417. The van der Waals surface area contributed by atoms with E-state index in [0.29, 0.717) is 11.6 Å². The molecule has 2 nitrogen and oxygen atoms in total. The van der Waals surface area contributed by atoms with Crippen LogP contribution in [0, 0.1) is 0 Å². The molecule has 0 saturated heterocycles. The summed E-state index contributed by atoms with van der Waals surface area (Å²) in [6.07, 6.45) is -3.36. The molecule has 0 saturated carbocycles. The van der Waals surface area contributed by atoms with Crippen LogP contribution >= 0.6 is 22.7 Å². The summed E-state index contributed by atoms with van der Waals surface area (Å²) < 4.78 is 37.4. The molecule has 0 amide bonds. The first-order valence-corrected chi connectivity index (χ1v) is 7.57. The minimum Gasteiger partial charge on any atom is -0.292 e. The fourth-order valence-electron chi connectivity index (χ4n) is 2.15. The molecule has 1 aliphatic heterocycles. The van der Waals surface area contributed by atoms with Crippen LogP contribution < -0.4 is 0 Å². The smallest absolute Gasteiger partial charge is 0.292 e. The number of hydrogen-bond donors (Lipinski definition) is 0. The van der Waals surface area contributed by atoms with Gasteiger partial charge in [0.25, 0.3) is 0 Å². The van der Waals surface area contributed by atoms with Crippen molar-refractivity contribution in [1.29, 1.82) is 0 Å². The van der Waals surface area contributed by atoms with Crippen LogP contribution in [-0.2, 0) is 25.7 Å². The van der Waals surface area contributed by atoms with Crippen molar-refractivity contribution in [3.63, 3.8) is 0 Å². The SMILES string of the molecule is FC(F)(F)c1csc(CN2CCc3sccc3C2)n1. The Morgan fingerprint density at radius 1 is 1.32 bits per heavy atom. The maximum absolute atomic E-state index is 12.5. The van der Waals surface area contributed by atoms with Crippen molar-refractivity contribution in [2.24, 2.45) is 0 Å². The number of aromatic nitrogens is 1. The molecule has 0 N–H and O–H groups in total. The van der Waals surface area contributed by atoms with Crippen LogP contribution in [0.1, 0.15) is 21.1 Å². The lowest BCUT2D eigenvalue weighted by atomic mass is 10.1. The number of rotatable bonds is 2. The maximum Gasteiger partial charge on any atom is 0.434 e. The van der Waals surface area contributed by atoms with E-state index < -0.39 is 11.9 Å². The first kappa shape index (κ1) is 13.1. The first-order valence-electron chi connectivity index (χ1n) is 5.81. The molecule has 0 atom stereocenters. The number of alkyl halides is 3. The molecule has 2 aromatic heterocycles. The van der Waals surface area contributed by atoms with Crippen LogP contribution in [0.15, 0.2) is 16.8 Å². The number of hydrogen-bond acceptors (Lipinski definition) is 4. The van der Waals surface area contributed by atoms with Crippen molar-refractivity contribution in [1.82, 2.24) is 9.88 Å². The van der Waals surface area contributed by atoms with Crippen molar-refractivity contribution in [3.05, 3.63) is 38.0 Å². The summed E-state index contributed by atoms with van der Waals surface area (Å²) in [5, 5.41) is 3.69. The molecule has 0 radical (unpaired) electrons. The van der Waals surface area contributed by atoms with Crippen molar-refractivity contribution < 1.29 is 13.2 Å². The zero-order valence-corrected chi connectivity index (χ0v) is 11.5. The molecule has 0 bridgehead atoms. The van der Waals surface area contributed by atoms with Gasteiger partial charge >= 0.3 is 6.18 Å². The fourth-order valence-corrected chi connectivity index (χ4v) is 3.88. The van der Waals surface area contributed by atoms with Crippen molar-refractivity contribution in [2.75, 3.05) is 6.54 Å². The standard InChI is InChI=1S/C12H11F3N2S2/c13-12(14,15)10-7-19-11(16-10)6-17-3-1-9-8(5-17)2-4-18-9/h2,4,7H,1,3,5-6H2. The quantitative estimate of drug-likeness (QED) is 0.839. The zero-order valence-electron chi connectivity index (χ0n) is 9.91. The van der Waals surface area contributed by atoms with E-state index in [9.17, 15) is 13.2 Å². The van der Waals surface area contributed by atoms with Crippen molar-refractivity contribution in [2.45, 2.75) is 25.7 Å². The molecule has 0 fully saturated rings. The molecule has 0 aromatic carbocycles. The van der Waals surface area contributed by atoms with E-state index in [1.165, 1.54) is 10.4 Å². The normalized spacial score (nSPS) is 16.6. The zero-order chi connectivity index (χ0) is 13.5. The minimum atomic E-state index is -4.34. The second-order valence-electron chi connectivity index (χ2n) is 4.45. The first-order chi connectivity index (χ1) is 9.02. The van der Waals surface area contributed by atoms with Crippen molar-refractivity contribution in [3.8, 4) is 0 Å². The van der Waals surface area contributed by atoms with E-state index in [2.05, 4.69) is 21.3 Å². The van der Waals surface area contributed by atoms with Gasteiger partial charge in [0.05, 0.1) is 6.54 Å². The summed E-state index contributed by atoms with van der Waals surface area (Å²) in [4.78, 5) is 7.22. The maximum atomic E-state index is 12.5. The third kappa shape index (κ3) is 2.82. The Kier molecular flexibility index (Phi) is 3.36. The second kappa shape index (κ2) is 4.88. The Hall–Kier alpha value is -0.920. The van der Waals surface area contributed by atoms with E-state index in [1.807, 2.05) is 0 Å². The average Bonchev–Trinajstić information content (AvgIpc) is 2.95. The number of nitrogens with zero attached hydrogens (tertiary/aromatic N) is 2. The molecule has 2 aromatic rings. The Balaban J connectivity index is 1.68. The van der Waals surface area contributed by atoms with E-state index in [4.69, 9.17) is 0 Å². The van der Waals surface area contributed by atoms with E-state index in [0.717, 1.165) is 36.2 Å². The van der Waals surface area contributed by atoms with Crippen molar-refractivity contribution >= 4 is 22.7 Å². The molecule has 0 spiro atoms. The summed E-state index contributed by atoms with van der Waals surface area (Å²) >= 11 is 2.84. The predicted octanol–water partition coefficient (Wildman–Crippen LogP) is 3.78. The largest absolute Gasteiger partial charge is 0.434 e. The Bertz CT molecular complexity index is 574. The summed E-state index contributed by atoms with van der Waals surface area (Å²) in [6.45, 7) is 2.18. The van der Waals surface area contributed by atoms with Crippen LogP contribution in [-0.4, -0.2) is 16.4 Å². The molecular formula is C12H11F3N2S2. The Morgan fingerprint density at radius 3 is 2.89 bits per heavy atom. The second-order valence-corrected chi connectivity index (χ2v) is 6.40. The molecule has 0 unspecified atom stereocenters. The summed E-state index contributed by atoms with van der Waals surface area (Å²) in [7, 11) is 0. The third-order valence-corrected chi connectivity index (χ3v) is 4.94. The lowest BCUT2D eigenvalue weighted by molar-refractivity contribution is -0.140. The predicted molar refractivity (Wildman–Crippen MR) is 69.3 cm³/mol. The number of fused-ring (bicyclic) bond motifs is 1. The van der Waals surface area contributed by atoms with Crippen LogP contribution in [0.2, 0.25) is 0 Å². The number of thiophene rings is 1. The number of thiazole rings is 1. The lowest BCUT2D eigenvalue weighted by Gasteiger charge is -2.25. The molecular weight excluding hydrogens is 293 g/mol. The molecule has 3 rings (SSSR count). The summed E-state index contributed by atoms with van der Waals surface area (Å²) in [5.41, 5.74) is 0.518. The monoisotopic (exact) mass is 304 g/mol. The van der Waals surface area contributed by atoms with Gasteiger partial charge in [0.1, 0.15) is 5.01 Å². The van der Waals surface area contributed by atoms with Gasteiger partial charge in [0, 0.05) is 23.3 Å². The molecule has 7 heteroatoms. The van der Waals surface area contributed by atoms with Gasteiger partial charge < -0.3 is 0 Å². The van der Waals surface area contributed by atoms with Gasteiger partial charge in [-0.25, -0.2) is 4.98 Å². The summed E-state index contributed by atoms with van der Waals surface area (Å²) in [6, 6.07) is 2.09. The molecule has 102 valence electrons. The highest BCUT2D eigenvalue weighted by Gasteiger charge is 2.33. The van der Waals surface area contributed by atoms with Crippen LogP contribution in [0.5, 0.6) is 0 Å². The van der Waals surface area contributed by atoms with Crippen LogP contribution in [0.4, 0.5) is 13.2 Å². The Labute approximate surface area is 116 Å². The minimum absolute atomic E-state index is 0.496. The van der Waals surface area contributed by atoms with Gasteiger partial charge in [-0.1, -0.05) is 0 Å². The van der Waals surface area contributed by atoms with Gasteiger partial charge in [0.15, 0.2) is 5.69 Å². The van der Waals surface area contributed by atoms with Gasteiger partial charge in [-0.05, 0) is 23.4 Å². The summed E-state index contributed by atoms with van der Waals surface area (Å²) in [5.74, 6) is 0. The highest BCUT2D eigenvalue weighted by Crippen LogP contribution is 2.31. The Morgan fingerprint density at radius 2 is 2.16 bits per heavy atom. The van der Waals surface area contributed by atoms with Gasteiger partial charge in [-0.3, -0.25) is 4.90 Å². The average molecular weight is 304 g/mol. The molecule has 1 aliphatic rings. The lowest BCUT2D eigenvalue weighted by Crippen LogP contribution is -2.29. The van der Waals surface area contributed by atoms with E-state index >= 15 is 0 Å². The molecule has 0 aliphatic carbocycles. The number of halogens is 3.